The van der Waals surface area contributed by atoms with Crippen molar-refractivity contribution < 1.29 is 23.1 Å². The minimum Gasteiger partial charge on any atom is -0.481 e. The molecule has 7 heteroatoms. The van der Waals surface area contributed by atoms with E-state index in [1.807, 2.05) is 20.8 Å². The average Bonchev–Trinajstić information content (AvgIpc) is 2.33. The summed E-state index contributed by atoms with van der Waals surface area (Å²) in [6.07, 6.45) is 0.499. The number of aliphatic carboxylic acids is 1. The number of nitrogens with zero attached hydrogens (tertiary/aromatic N) is 1. The van der Waals surface area contributed by atoms with Gasteiger partial charge in [0.25, 0.3) is 0 Å². The van der Waals surface area contributed by atoms with Gasteiger partial charge in [0.05, 0.1) is 17.4 Å². The molecular weight excluding hydrogens is 294 g/mol. The fourth-order valence-corrected chi connectivity index (χ4v) is 4.39. The summed E-state index contributed by atoms with van der Waals surface area (Å²) < 4.78 is 23.6. The standard InChI is InChI=1S/C14H25NO5S/c1-10(2)9-21(19,20)5-4-13(16)15-7-11(3)6-12(8-15)14(17)18/h10-12H,4-9H2,1-3H3,(H,17,18). The number of carboxylic acid groups (broad SMARTS) is 1. The van der Waals surface area contributed by atoms with Gasteiger partial charge < -0.3 is 10.0 Å². The van der Waals surface area contributed by atoms with Gasteiger partial charge in [0.15, 0.2) is 9.84 Å². The molecule has 1 N–H and O–H groups in total. The third-order valence-corrected chi connectivity index (χ3v) is 5.58. The van der Waals surface area contributed by atoms with Gasteiger partial charge >= 0.3 is 5.97 Å². The number of likely N-dealkylation sites (tertiary alicyclic amines) is 1. The van der Waals surface area contributed by atoms with Crippen molar-refractivity contribution in [1.29, 1.82) is 0 Å². The molecule has 0 aromatic carbocycles. The van der Waals surface area contributed by atoms with Crippen molar-refractivity contribution in [1.82, 2.24) is 4.90 Å². The van der Waals surface area contributed by atoms with Crippen molar-refractivity contribution in [3.8, 4) is 0 Å². The molecule has 1 aliphatic rings. The molecule has 1 fully saturated rings. The number of amides is 1. The number of carboxylic acids is 1. The Balaban J connectivity index is 2.57. The second kappa shape index (κ2) is 7.24. The summed E-state index contributed by atoms with van der Waals surface area (Å²) >= 11 is 0. The van der Waals surface area contributed by atoms with Crippen LogP contribution in [0.15, 0.2) is 0 Å². The zero-order valence-corrected chi connectivity index (χ0v) is 13.7. The van der Waals surface area contributed by atoms with Crippen molar-refractivity contribution in [2.75, 3.05) is 24.6 Å². The molecule has 122 valence electrons. The van der Waals surface area contributed by atoms with Crippen molar-refractivity contribution in [2.24, 2.45) is 17.8 Å². The molecular formula is C14H25NO5S. The van der Waals surface area contributed by atoms with Gasteiger partial charge in [-0.2, -0.15) is 0 Å². The minimum atomic E-state index is -3.22. The molecule has 0 aromatic heterocycles. The Kier molecular flexibility index (Phi) is 6.19. The number of piperidine rings is 1. The number of carbonyl (C=O) groups is 2. The highest BCUT2D eigenvalue weighted by molar-refractivity contribution is 7.91. The topological polar surface area (TPSA) is 91.8 Å². The first kappa shape index (κ1) is 17.9. The lowest BCUT2D eigenvalue weighted by Gasteiger charge is -2.34. The number of rotatable bonds is 6. The predicted octanol–water partition coefficient (Wildman–Crippen LogP) is 1.02. The zero-order valence-electron chi connectivity index (χ0n) is 12.9. The lowest BCUT2D eigenvalue weighted by atomic mass is 9.90. The quantitative estimate of drug-likeness (QED) is 0.789. The Morgan fingerprint density at radius 2 is 1.90 bits per heavy atom. The Labute approximate surface area is 126 Å². The largest absolute Gasteiger partial charge is 0.481 e. The number of carbonyl (C=O) groups excluding carboxylic acids is 1. The zero-order chi connectivity index (χ0) is 16.2. The van der Waals surface area contributed by atoms with Crippen LogP contribution < -0.4 is 0 Å². The summed E-state index contributed by atoms with van der Waals surface area (Å²) in [5, 5.41) is 9.08. The van der Waals surface area contributed by atoms with Gasteiger partial charge in [-0.1, -0.05) is 20.8 Å². The first-order valence-electron chi connectivity index (χ1n) is 7.31. The van der Waals surface area contributed by atoms with Crippen LogP contribution in [0, 0.1) is 17.8 Å². The molecule has 1 rings (SSSR count). The SMILES string of the molecule is CC(C)CS(=O)(=O)CCC(=O)N1CC(C)CC(C(=O)O)C1. The highest BCUT2D eigenvalue weighted by atomic mass is 32.2. The molecule has 6 nitrogen and oxygen atoms in total. The van der Waals surface area contributed by atoms with Gasteiger partial charge in [-0.05, 0) is 18.3 Å². The first-order valence-corrected chi connectivity index (χ1v) is 9.14. The van der Waals surface area contributed by atoms with Gasteiger partial charge in [-0.3, -0.25) is 9.59 Å². The van der Waals surface area contributed by atoms with E-state index in [0.717, 1.165) is 0 Å². The van der Waals surface area contributed by atoms with E-state index in [1.54, 1.807) is 0 Å². The summed E-state index contributed by atoms with van der Waals surface area (Å²) in [4.78, 5) is 24.7. The second-order valence-electron chi connectivity index (χ2n) is 6.43. The van der Waals surface area contributed by atoms with Gasteiger partial charge in [-0.25, -0.2) is 8.42 Å². The minimum absolute atomic E-state index is 0.0384. The maximum Gasteiger partial charge on any atom is 0.308 e. The molecule has 1 aliphatic heterocycles. The fraction of sp³-hybridized carbons (Fsp3) is 0.857. The Hall–Kier alpha value is -1.11. The fourth-order valence-electron chi connectivity index (χ4n) is 2.73. The molecule has 0 radical (unpaired) electrons. The van der Waals surface area contributed by atoms with E-state index >= 15 is 0 Å². The summed E-state index contributed by atoms with van der Waals surface area (Å²) in [6.45, 7) is 6.24. The van der Waals surface area contributed by atoms with Crippen molar-refractivity contribution in [2.45, 2.75) is 33.6 Å². The molecule has 2 atom stereocenters. The van der Waals surface area contributed by atoms with E-state index in [2.05, 4.69) is 0 Å². The molecule has 1 heterocycles. The van der Waals surface area contributed by atoms with Crippen LogP contribution >= 0.6 is 0 Å². The summed E-state index contributed by atoms with van der Waals surface area (Å²) in [6, 6.07) is 0. The Morgan fingerprint density at radius 1 is 1.29 bits per heavy atom. The maximum atomic E-state index is 12.1. The second-order valence-corrected chi connectivity index (χ2v) is 8.66. The van der Waals surface area contributed by atoms with Crippen molar-refractivity contribution in [3.63, 3.8) is 0 Å². The van der Waals surface area contributed by atoms with E-state index in [9.17, 15) is 18.0 Å². The lowest BCUT2D eigenvalue weighted by Crippen LogP contribution is -2.46. The molecule has 0 aromatic rings. The molecule has 0 bridgehead atoms. The first-order chi connectivity index (χ1) is 9.60. The van der Waals surface area contributed by atoms with Crippen LogP contribution in [0.1, 0.15) is 33.6 Å². The van der Waals surface area contributed by atoms with Crippen LogP contribution in [0.3, 0.4) is 0 Å². The van der Waals surface area contributed by atoms with Crippen LogP contribution in [-0.4, -0.2) is 54.9 Å². The van der Waals surface area contributed by atoms with Gasteiger partial charge in [0.2, 0.25) is 5.91 Å². The molecule has 2 unspecified atom stereocenters. The third-order valence-electron chi connectivity index (χ3n) is 3.58. The van der Waals surface area contributed by atoms with Gasteiger partial charge in [-0.15, -0.1) is 0 Å². The van der Waals surface area contributed by atoms with Crippen LogP contribution in [0.2, 0.25) is 0 Å². The predicted molar refractivity (Wildman–Crippen MR) is 79.6 cm³/mol. The summed E-state index contributed by atoms with van der Waals surface area (Å²) in [5.41, 5.74) is 0. The molecule has 21 heavy (non-hydrogen) atoms. The summed E-state index contributed by atoms with van der Waals surface area (Å²) in [7, 11) is -3.22. The van der Waals surface area contributed by atoms with Crippen molar-refractivity contribution in [3.05, 3.63) is 0 Å². The van der Waals surface area contributed by atoms with Crippen LogP contribution in [0.5, 0.6) is 0 Å². The number of sulfone groups is 1. The van der Waals surface area contributed by atoms with E-state index in [-0.39, 0.29) is 42.2 Å². The highest BCUT2D eigenvalue weighted by Crippen LogP contribution is 2.22. The normalized spacial score (nSPS) is 23.3. The van der Waals surface area contributed by atoms with Crippen LogP contribution in [0.4, 0.5) is 0 Å². The van der Waals surface area contributed by atoms with E-state index in [0.29, 0.717) is 13.0 Å². The maximum absolute atomic E-state index is 12.1. The van der Waals surface area contributed by atoms with Crippen LogP contribution in [-0.2, 0) is 19.4 Å². The molecule has 0 saturated carbocycles. The molecule has 0 spiro atoms. The molecule has 1 saturated heterocycles. The van der Waals surface area contributed by atoms with Gasteiger partial charge in [0, 0.05) is 19.5 Å². The highest BCUT2D eigenvalue weighted by Gasteiger charge is 2.32. The van der Waals surface area contributed by atoms with E-state index in [4.69, 9.17) is 5.11 Å². The van der Waals surface area contributed by atoms with E-state index in [1.165, 1.54) is 4.90 Å². The molecule has 0 aliphatic carbocycles. The number of hydrogen-bond donors (Lipinski definition) is 1. The monoisotopic (exact) mass is 319 g/mol. The summed E-state index contributed by atoms with van der Waals surface area (Å²) in [5.74, 6) is -1.63. The molecule has 1 amide bonds. The lowest BCUT2D eigenvalue weighted by molar-refractivity contribution is -0.146. The Morgan fingerprint density at radius 3 is 2.43 bits per heavy atom. The van der Waals surface area contributed by atoms with Crippen molar-refractivity contribution >= 4 is 21.7 Å². The van der Waals surface area contributed by atoms with E-state index < -0.39 is 21.7 Å². The average molecular weight is 319 g/mol. The smallest absolute Gasteiger partial charge is 0.308 e. The Bertz CT molecular complexity index is 486. The third kappa shape index (κ3) is 6.03. The van der Waals surface area contributed by atoms with Crippen LogP contribution in [0.25, 0.3) is 0 Å². The number of hydrogen-bond acceptors (Lipinski definition) is 4. The van der Waals surface area contributed by atoms with Gasteiger partial charge in [0.1, 0.15) is 0 Å².